The molecule has 0 aliphatic carbocycles. The fourth-order valence-electron chi connectivity index (χ4n) is 4.30. The van der Waals surface area contributed by atoms with Gasteiger partial charge in [-0.05, 0) is 46.6 Å². The number of hydrogen-bond acceptors (Lipinski definition) is 4. The lowest BCUT2D eigenvalue weighted by molar-refractivity contribution is 0.0373. The van der Waals surface area contributed by atoms with E-state index in [1.54, 1.807) is 0 Å². The number of nitrogens with two attached hydrogens (primary N) is 1. The Morgan fingerprint density at radius 2 is 1.88 bits per heavy atom. The average molecular weight is 236 g/mol. The van der Waals surface area contributed by atoms with Crippen LogP contribution in [0.3, 0.4) is 0 Å². The summed E-state index contributed by atoms with van der Waals surface area (Å²) < 4.78 is 0. The minimum absolute atomic E-state index is 0.233. The highest BCUT2D eigenvalue weighted by Gasteiger charge is 2.52. The Hall–Kier alpha value is -0.770. The van der Waals surface area contributed by atoms with E-state index in [2.05, 4.69) is 35.7 Å². The Balaban J connectivity index is 1.89. The van der Waals surface area contributed by atoms with Gasteiger partial charge in [0.2, 0.25) is 0 Å². The summed E-state index contributed by atoms with van der Waals surface area (Å²) in [6.45, 7) is 5.38. The van der Waals surface area contributed by atoms with Crippen molar-refractivity contribution in [3.8, 4) is 0 Å². The van der Waals surface area contributed by atoms with Crippen molar-refractivity contribution in [3.63, 3.8) is 0 Å². The predicted molar refractivity (Wildman–Crippen MR) is 70.0 cm³/mol. The van der Waals surface area contributed by atoms with Crippen molar-refractivity contribution >= 4 is 5.96 Å². The maximum absolute atomic E-state index is 6.09. The van der Waals surface area contributed by atoms with Crippen molar-refractivity contribution in [2.45, 2.75) is 63.2 Å². The van der Waals surface area contributed by atoms with Crippen LogP contribution in [-0.2, 0) is 0 Å². The number of rotatable bonds is 1. The van der Waals surface area contributed by atoms with Crippen LogP contribution in [-0.4, -0.2) is 53.0 Å². The topological polar surface area (TPSA) is 44.9 Å². The molecule has 3 heterocycles. The Kier molecular flexibility index (Phi) is 2.41. The number of fused-ring (bicyclic) bond motifs is 2. The zero-order chi connectivity index (χ0) is 12.2. The summed E-state index contributed by atoms with van der Waals surface area (Å²) in [7, 11) is 2.29. The zero-order valence-electron chi connectivity index (χ0n) is 11.2. The second kappa shape index (κ2) is 3.61. The third-order valence-corrected chi connectivity index (χ3v) is 5.03. The maximum atomic E-state index is 6.09. The second-order valence-electron chi connectivity index (χ2n) is 6.32. The van der Waals surface area contributed by atoms with Gasteiger partial charge in [0, 0.05) is 18.1 Å². The molecule has 2 saturated heterocycles. The molecule has 0 aromatic rings. The molecule has 4 heteroatoms. The summed E-state index contributed by atoms with van der Waals surface area (Å²) in [5.41, 5.74) is 6.33. The number of nitrogens with zero attached hydrogens (tertiary/aromatic N) is 3. The minimum Gasteiger partial charge on any atom is -0.370 e. The highest BCUT2D eigenvalue weighted by molar-refractivity contribution is 5.81. The van der Waals surface area contributed by atoms with Gasteiger partial charge in [0.05, 0.1) is 12.1 Å². The molecule has 2 unspecified atom stereocenters. The molecule has 3 aliphatic rings. The highest BCUT2D eigenvalue weighted by atomic mass is 15.4. The number of aliphatic imine (C=N–C) groups is 1. The van der Waals surface area contributed by atoms with Crippen LogP contribution in [0.2, 0.25) is 0 Å². The van der Waals surface area contributed by atoms with Gasteiger partial charge in [0.1, 0.15) is 0 Å². The standard InChI is InChI=1S/C13H24N4/c1-9(2)17-12(14)15-8-13(17)6-10-4-5-11(7-13)16(10)3/h9-11H,4-8H2,1-3H3,(H2,14,15). The summed E-state index contributed by atoms with van der Waals surface area (Å²) >= 11 is 0. The molecule has 3 rings (SSSR count). The molecule has 3 aliphatic heterocycles. The maximum Gasteiger partial charge on any atom is 0.192 e. The minimum atomic E-state index is 0.233. The summed E-state index contributed by atoms with van der Waals surface area (Å²) in [5, 5.41) is 0. The van der Waals surface area contributed by atoms with Gasteiger partial charge in [-0.1, -0.05) is 0 Å². The molecule has 2 atom stereocenters. The fraction of sp³-hybridized carbons (Fsp3) is 0.923. The molecule has 96 valence electrons. The Bertz CT molecular complexity index is 335. The molecule has 2 fully saturated rings. The van der Waals surface area contributed by atoms with Crippen LogP contribution in [0, 0.1) is 0 Å². The van der Waals surface area contributed by atoms with Crippen LogP contribution >= 0.6 is 0 Å². The van der Waals surface area contributed by atoms with E-state index in [-0.39, 0.29) is 5.54 Å². The fourth-order valence-corrected chi connectivity index (χ4v) is 4.30. The van der Waals surface area contributed by atoms with E-state index < -0.39 is 0 Å². The lowest BCUT2D eigenvalue weighted by Crippen LogP contribution is -2.61. The molecular formula is C13H24N4. The Morgan fingerprint density at radius 1 is 1.29 bits per heavy atom. The molecule has 1 spiro atoms. The van der Waals surface area contributed by atoms with E-state index in [1.165, 1.54) is 25.7 Å². The van der Waals surface area contributed by atoms with Crippen LogP contribution < -0.4 is 5.73 Å². The third kappa shape index (κ3) is 1.49. The summed E-state index contributed by atoms with van der Waals surface area (Å²) in [6.07, 6.45) is 5.19. The van der Waals surface area contributed by atoms with Gasteiger partial charge in [0.15, 0.2) is 5.96 Å². The average Bonchev–Trinajstić information content (AvgIpc) is 2.66. The van der Waals surface area contributed by atoms with Crippen molar-refractivity contribution in [2.24, 2.45) is 10.7 Å². The smallest absolute Gasteiger partial charge is 0.192 e. The Labute approximate surface area is 104 Å². The van der Waals surface area contributed by atoms with Crippen molar-refractivity contribution in [1.29, 1.82) is 0 Å². The van der Waals surface area contributed by atoms with Crippen molar-refractivity contribution in [1.82, 2.24) is 9.80 Å². The molecule has 0 aromatic heterocycles. The highest BCUT2D eigenvalue weighted by Crippen LogP contribution is 2.45. The summed E-state index contributed by atoms with van der Waals surface area (Å²) in [5.74, 6) is 0.768. The predicted octanol–water partition coefficient (Wildman–Crippen LogP) is 1.02. The van der Waals surface area contributed by atoms with Gasteiger partial charge >= 0.3 is 0 Å². The van der Waals surface area contributed by atoms with E-state index in [9.17, 15) is 0 Å². The molecule has 0 radical (unpaired) electrons. The van der Waals surface area contributed by atoms with Gasteiger partial charge in [-0.25, -0.2) is 0 Å². The van der Waals surface area contributed by atoms with Crippen molar-refractivity contribution in [2.75, 3.05) is 13.6 Å². The molecular weight excluding hydrogens is 212 g/mol. The Morgan fingerprint density at radius 3 is 2.41 bits per heavy atom. The van der Waals surface area contributed by atoms with Gasteiger partial charge in [0.25, 0.3) is 0 Å². The van der Waals surface area contributed by atoms with Gasteiger partial charge in [-0.2, -0.15) is 0 Å². The number of hydrogen-bond donors (Lipinski definition) is 1. The molecule has 0 saturated carbocycles. The zero-order valence-corrected chi connectivity index (χ0v) is 11.2. The molecule has 4 nitrogen and oxygen atoms in total. The van der Waals surface area contributed by atoms with Crippen molar-refractivity contribution in [3.05, 3.63) is 0 Å². The first-order chi connectivity index (χ1) is 8.03. The van der Waals surface area contributed by atoms with Crippen LogP contribution in [0.1, 0.15) is 39.5 Å². The lowest BCUT2D eigenvalue weighted by atomic mass is 9.81. The van der Waals surface area contributed by atoms with Crippen LogP contribution in [0.4, 0.5) is 0 Å². The molecule has 2 N–H and O–H groups in total. The first-order valence-corrected chi connectivity index (χ1v) is 6.85. The van der Waals surface area contributed by atoms with E-state index in [4.69, 9.17) is 5.73 Å². The van der Waals surface area contributed by atoms with E-state index in [0.29, 0.717) is 6.04 Å². The lowest BCUT2D eigenvalue weighted by Gasteiger charge is -2.49. The summed E-state index contributed by atoms with van der Waals surface area (Å²) in [6, 6.07) is 1.95. The quantitative estimate of drug-likeness (QED) is 0.739. The van der Waals surface area contributed by atoms with E-state index >= 15 is 0 Å². The number of guanidine groups is 1. The van der Waals surface area contributed by atoms with Gasteiger partial charge < -0.3 is 15.5 Å². The van der Waals surface area contributed by atoms with Gasteiger partial charge in [-0.15, -0.1) is 0 Å². The first kappa shape index (κ1) is 11.3. The number of piperidine rings is 1. The van der Waals surface area contributed by atoms with Crippen molar-refractivity contribution < 1.29 is 0 Å². The molecule has 0 aromatic carbocycles. The van der Waals surface area contributed by atoms with Gasteiger partial charge in [-0.3, -0.25) is 4.99 Å². The molecule has 2 bridgehead atoms. The molecule has 0 amide bonds. The monoisotopic (exact) mass is 236 g/mol. The largest absolute Gasteiger partial charge is 0.370 e. The summed E-state index contributed by atoms with van der Waals surface area (Å²) in [4.78, 5) is 9.52. The van der Waals surface area contributed by atoms with Crippen LogP contribution in [0.25, 0.3) is 0 Å². The first-order valence-electron chi connectivity index (χ1n) is 6.85. The van der Waals surface area contributed by atoms with Crippen LogP contribution in [0.15, 0.2) is 4.99 Å². The normalized spacial score (nSPS) is 41.6. The second-order valence-corrected chi connectivity index (χ2v) is 6.32. The SMILES string of the molecule is CC(C)N1C(N)=NCC12CC1CCC(C2)N1C. The van der Waals surface area contributed by atoms with E-state index in [1.807, 2.05) is 0 Å². The van der Waals surface area contributed by atoms with Crippen LogP contribution in [0.5, 0.6) is 0 Å². The molecule has 17 heavy (non-hydrogen) atoms. The third-order valence-electron chi connectivity index (χ3n) is 5.03. The van der Waals surface area contributed by atoms with E-state index in [0.717, 1.165) is 24.6 Å².